The van der Waals surface area contributed by atoms with Crippen LogP contribution < -0.4 is 10.6 Å². The first-order valence-electron chi connectivity index (χ1n) is 7.20. The van der Waals surface area contributed by atoms with Crippen LogP contribution in [0.25, 0.3) is 0 Å². The molecule has 1 aromatic carbocycles. The molecule has 0 saturated heterocycles. The fourth-order valence-corrected chi connectivity index (χ4v) is 2.40. The minimum absolute atomic E-state index is 0.146. The van der Waals surface area contributed by atoms with E-state index in [4.69, 9.17) is 0 Å². The van der Waals surface area contributed by atoms with Crippen LogP contribution in [0.4, 0.5) is 11.5 Å². The molecule has 0 saturated carbocycles. The van der Waals surface area contributed by atoms with Crippen LogP contribution in [0.5, 0.6) is 0 Å². The maximum absolute atomic E-state index is 11.9. The summed E-state index contributed by atoms with van der Waals surface area (Å²) in [6.45, 7) is 1.38. The standard InChI is InChI=1S/C16H16N4O4S/c1-10(21)17-13-7-8-15(20-19-13)25-9-14(22)18-12-5-3-11(4-6-12)16(23)24-2/h3-8H,9H2,1-2H3,(H,18,22)(H,17,19,21). The van der Waals surface area contributed by atoms with Crippen molar-refractivity contribution < 1.29 is 19.1 Å². The molecule has 0 aliphatic carbocycles. The van der Waals surface area contributed by atoms with Crippen LogP contribution in [-0.4, -0.2) is 40.8 Å². The van der Waals surface area contributed by atoms with Gasteiger partial charge in [0.1, 0.15) is 5.03 Å². The van der Waals surface area contributed by atoms with Crippen molar-refractivity contribution in [3.8, 4) is 0 Å². The maximum Gasteiger partial charge on any atom is 0.337 e. The first-order chi connectivity index (χ1) is 12.0. The predicted molar refractivity (Wildman–Crippen MR) is 93.5 cm³/mol. The first-order valence-corrected chi connectivity index (χ1v) is 8.19. The van der Waals surface area contributed by atoms with Crippen molar-refractivity contribution in [1.82, 2.24) is 10.2 Å². The number of rotatable bonds is 6. The fraction of sp³-hybridized carbons (Fsp3) is 0.188. The molecule has 0 fully saturated rings. The van der Waals surface area contributed by atoms with Crippen molar-refractivity contribution in [2.24, 2.45) is 0 Å². The lowest BCUT2D eigenvalue weighted by molar-refractivity contribution is -0.114. The molecule has 25 heavy (non-hydrogen) atoms. The van der Waals surface area contributed by atoms with E-state index in [1.165, 1.54) is 25.8 Å². The van der Waals surface area contributed by atoms with Gasteiger partial charge in [0.15, 0.2) is 5.82 Å². The molecule has 130 valence electrons. The third-order valence-electron chi connectivity index (χ3n) is 2.89. The highest BCUT2D eigenvalue weighted by atomic mass is 32.2. The summed E-state index contributed by atoms with van der Waals surface area (Å²) < 4.78 is 4.61. The number of nitrogens with one attached hydrogen (secondary N) is 2. The normalized spacial score (nSPS) is 10.0. The molecule has 0 bridgehead atoms. The Kier molecular flexibility index (Phi) is 6.47. The Labute approximate surface area is 148 Å². The van der Waals surface area contributed by atoms with Crippen LogP contribution >= 0.6 is 11.8 Å². The second-order valence-electron chi connectivity index (χ2n) is 4.84. The molecule has 0 unspecified atom stereocenters. The third-order valence-corrected chi connectivity index (χ3v) is 3.81. The quantitative estimate of drug-likeness (QED) is 0.598. The zero-order valence-corrected chi connectivity index (χ0v) is 14.4. The van der Waals surface area contributed by atoms with E-state index in [-0.39, 0.29) is 17.6 Å². The fourth-order valence-electron chi connectivity index (χ4n) is 1.79. The average molecular weight is 360 g/mol. The highest BCUT2D eigenvalue weighted by molar-refractivity contribution is 7.99. The Hall–Kier alpha value is -2.94. The summed E-state index contributed by atoms with van der Waals surface area (Å²) in [6, 6.07) is 9.66. The molecule has 0 spiro atoms. The predicted octanol–water partition coefficient (Wildman–Crippen LogP) is 1.95. The van der Waals surface area contributed by atoms with Crippen LogP contribution in [0.2, 0.25) is 0 Å². The summed E-state index contributed by atoms with van der Waals surface area (Å²) in [5.74, 6) is -0.384. The number of aromatic nitrogens is 2. The zero-order valence-electron chi connectivity index (χ0n) is 13.6. The summed E-state index contributed by atoms with van der Waals surface area (Å²) in [6.07, 6.45) is 0. The Bertz CT molecular complexity index is 763. The van der Waals surface area contributed by atoms with Crippen molar-refractivity contribution in [2.75, 3.05) is 23.5 Å². The van der Waals surface area contributed by atoms with Gasteiger partial charge in [-0.3, -0.25) is 9.59 Å². The van der Waals surface area contributed by atoms with E-state index in [1.54, 1.807) is 36.4 Å². The van der Waals surface area contributed by atoms with E-state index in [0.717, 1.165) is 0 Å². The van der Waals surface area contributed by atoms with Gasteiger partial charge in [-0.25, -0.2) is 4.79 Å². The number of carbonyl (C=O) groups excluding carboxylic acids is 3. The van der Waals surface area contributed by atoms with Crippen molar-refractivity contribution >= 4 is 41.1 Å². The Morgan fingerprint density at radius 3 is 2.32 bits per heavy atom. The highest BCUT2D eigenvalue weighted by Crippen LogP contribution is 2.16. The zero-order chi connectivity index (χ0) is 18.2. The number of esters is 1. The monoisotopic (exact) mass is 360 g/mol. The van der Waals surface area contributed by atoms with E-state index in [2.05, 4.69) is 25.6 Å². The number of thioether (sulfide) groups is 1. The van der Waals surface area contributed by atoms with Gasteiger partial charge in [-0.05, 0) is 36.4 Å². The summed E-state index contributed by atoms with van der Waals surface area (Å²) in [7, 11) is 1.31. The molecule has 0 atom stereocenters. The molecule has 0 aliphatic rings. The van der Waals surface area contributed by atoms with E-state index < -0.39 is 5.97 Å². The van der Waals surface area contributed by atoms with Gasteiger partial charge in [-0.15, -0.1) is 10.2 Å². The molecule has 9 heteroatoms. The molecule has 8 nitrogen and oxygen atoms in total. The smallest absolute Gasteiger partial charge is 0.337 e. The van der Waals surface area contributed by atoms with E-state index in [9.17, 15) is 14.4 Å². The summed E-state index contributed by atoms with van der Waals surface area (Å²) in [4.78, 5) is 34.2. The van der Waals surface area contributed by atoms with Crippen LogP contribution in [0.1, 0.15) is 17.3 Å². The second-order valence-corrected chi connectivity index (χ2v) is 5.84. The topological polar surface area (TPSA) is 110 Å². The molecular weight excluding hydrogens is 344 g/mol. The van der Waals surface area contributed by atoms with Gasteiger partial charge in [0.2, 0.25) is 11.8 Å². The van der Waals surface area contributed by atoms with Crippen LogP contribution in [0, 0.1) is 0 Å². The summed E-state index contributed by atoms with van der Waals surface area (Å²) in [5, 5.41) is 13.5. The molecular formula is C16H16N4O4S. The minimum Gasteiger partial charge on any atom is -0.465 e. The molecule has 2 rings (SSSR count). The number of benzene rings is 1. The maximum atomic E-state index is 11.9. The molecule has 0 radical (unpaired) electrons. The van der Waals surface area contributed by atoms with Gasteiger partial charge < -0.3 is 15.4 Å². The van der Waals surface area contributed by atoms with Crippen molar-refractivity contribution in [3.05, 3.63) is 42.0 Å². The van der Waals surface area contributed by atoms with E-state index in [0.29, 0.717) is 22.1 Å². The first kappa shape index (κ1) is 18.4. The number of ether oxygens (including phenoxy) is 1. The van der Waals surface area contributed by atoms with E-state index in [1.807, 2.05) is 0 Å². The summed E-state index contributed by atoms with van der Waals surface area (Å²) >= 11 is 1.21. The van der Waals surface area contributed by atoms with Gasteiger partial charge in [0, 0.05) is 12.6 Å². The average Bonchev–Trinajstić information content (AvgIpc) is 2.60. The minimum atomic E-state index is -0.435. The Morgan fingerprint density at radius 2 is 1.76 bits per heavy atom. The number of methoxy groups -OCH3 is 1. The molecule has 0 aliphatic heterocycles. The largest absolute Gasteiger partial charge is 0.465 e. The van der Waals surface area contributed by atoms with Gasteiger partial charge in [0.05, 0.1) is 18.4 Å². The van der Waals surface area contributed by atoms with Crippen molar-refractivity contribution in [1.29, 1.82) is 0 Å². The van der Waals surface area contributed by atoms with Gasteiger partial charge in [-0.1, -0.05) is 11.8 Å². The second kappa shape index (κ2) is 8.78. The number of amides is 2. The highest BCUT2D eigenvalue weighted by Gasteiger charge is 2.08. The number of nitrogens with zero attached hydrogens (tertiary/aromatic N) is 2. The third kappa shape index (κ3) is 5.88. The molecule has 1 aromatic heterocycles. The van der Waals surface area contributed by atoms with Gasteiger partial charge in [-0.2, -0.15) is 0 Å². The van der Waals surface area contributed by atoms with Crippen LogP contribution in [-0.2, 0) is 14.3 Å². The van der Waals surface area contributed by atoms with Crippen molar-refractivity contribution in [3.63, 3.8) is 0 Å². The van der Waals surface area contributed by atoms with Crippen molar-refractivity contribution in [2.45, 2.75) is 11.9 Å². The summed E-state index contributed by atoms with van der Waals surface area (Å²) in [5.41, 5.74) is 0.981. The number of hydrogen-bond acceptors (Lipinski definition) is 7. The lowest BCUT2D eigenvalue weighted by atomic mass is 10.2. The molecule has 2 N–H and O–H groups in total. The Morgan fingerprint density at radius 1 is 1.04 bits per heavy atom. The number of anilines is 2. The van der Waals surface area contributed by atoms with E-state index >= 15 is 0 Å². The number of carbonyl (C=O) groups is 3. The van der Waals surface area contributed by atoms with Gasteiger partial charge in [0.25, 0.3) is 0 Å². The lowest BCUT2D eigenvalue weighted by Gasteiger charge is -2.06. The molecule has 2 amide bonds. The molecule has 2 aromatic rings. The number of hydrogen-bond donors (Lipinski definition) is 2. The van der Waals surface area contributed by atoms with Crippen LogP contribution in [0.15, 0.2) is 41.4 Å². The lowest BCUT2D eigenvalue weighted by Crippen LogP contribution is -2.14. The Balaban J connectivity index is 1.84. The van der Waals surface area contributed by atoms with Gasteiger partial charge >= 0.3 is 5.97 Å². The SMILES string of the molecule is COC(=O)c1ccc(NC(=O)CSc2ccc(NC(C)=O)nn2)cc1. The molecule has 1 heterocycles. The van der Waals surface area contributed by atoms with Crippen LogP contribution in [0.3, 0.4) is 0 Å².